The molecule has 1 fully saturated rings. The van der Waals surface area contributed by atoms with Gasteiger partial charge in [-0.3, -0.25) is 4.79 Å². The zero-order chi connectivity index (χ0) is 13.3. The van der Waals surface area contributed by atoms with Crippen LogP contribution in [0, 0.1) is 0 Å². The van der Waals surface area contributed by atoms with Crippen LogP contribution in [0.1, 0.15) is 35.7 Å². The summed E-state index contributed by atoms with van der Waals surface area (Å²) in [7, 11) is 0. The number of nitrogens with one attached hydrogen (secondary N) is 2. The molecular weight excluding hydrogens is 240 g/mol. The number of hydrogen-bond acceptors (Lipinski definition) is 3. The third-order valence-electron chi connectivity index (χ3n) is 3.93. The zero-order valence-electron chi connectivity index (χ0n) is 11.3. The lowest BCUT2D eigenvalue weighted by molar-refractivity contribution is 0.0272. The molecule has 1 aromatic carbocycles. The van der Waals surface area contributed by atoms with Crippen molar-refractivity contribution in [1.82, 2.24) is 5.32 Å². The maximum Gasteiger partial charge on any atom is 0.251 e. The molecule has 3 rings (SSSR count). The van der Waals surface area contributed by atoms with Gasteiger partial charge in [-0.25, -0.2) is 0 Å². The SMILES string of the molecule is CC1(NC(=O)c2ccc3c(c2)CCN3)CCCOC1. The Balaban J connectivity index is 1.73. The highest BCUT2D eigenvalue weighted by Gasteiger charge is 2.29. The number of anilines is 1. The fourth-order valence-electron chi connectivity index (χ4n) is 2.82. The van der Waals surface area contributed by atoms with E-state index in [2.05, 4.69) is 17.6 Å². The molecule has 1 amide bonds. The van der Waals surface area contributed by atoms with Crippen LogP contribution in [0.5, 0.6) is 0 Å². The van der Waals surface area contributed by atoms with Gasteiger partial charge in [-0.05, 0) is 49.9 Å². The second kappa shape index (κ2) is 4.85. The minimum absolute atomic E-state index is 0.00250. The van der Waals surface area contributed by atoms with Crippen molar-refractivity contribution in [1.29, 1.82) is 0 Å². The lowest BCUT2D eigenvalue weighted by Gasteiger charge is -2.34. The molecule has 4 nitrogen and oxygen atoms in total. The average molecular weight is 260 g/mol. The van der Waals surface area contributed by atoms with E-state index in [1.807, 2.05) is 18.2 Å². The van der Waals surface area contributed by atoms with E-state index in [9.17, 15) is 4.79 Å². The molecular formula is C15H20N2O2. The highest BCUT2D eigenvalue weighted by atomic mass is 16.5. The molecule has 2 N–H and O–H groups in total. The van der Waals surface area contributed by atoms with Crippen LogP contribution < -0.4 is 10.6 Å². The minimum Gasteiger partial charge on any atom is -0.384 e. The number of rotatable bonds is 2. The molecule has 0 saturated carbocycles. The van der Waals surface area contributed by atoms with Gasteiger partial charge in [0.15, 0.2) is 0 Å². The second-order valence-corrected chi connectivity index (χ2v) is 5.72. The summed E-state index contributed by atoms with van der Waals surface area (Å²) in [6.07, 6.45) is 2.98. The molecule has 2 aliphatic heterocycles. The predicted octanol–water partition coefficient (Wildman–Crippen LogP) is 1.95. The number of fused-ring (bicyclic) bond motifs is 1. The van der Waals surface area contributed by atoms with Crippen molar-refractivity contribution >= 4 is 11.6 Å². The zero-order valence-corrected chi connectivity index (χ0v) is 11.3. The normalized spacial score (nSPS) is 25.5. The number of carbonyl (C=O) groups excluding carboxylic acids is 1. The summed E-state index contributed by atoms with van der Waals surface area (Å²) in [5.41, 5.74) is 2.91. The predicted molar refractivity (Wildman–Crippen MR) is 74.6 cm³/mol. The highest BCUT2D eigenvalue weighted by molar-refractivity contribution is 5.95. The van der Waals surface area contributed by atoms with Crippen LogP contribution in [-0.4, -0.2) is 31.2 Å². The summed E-state index contributed by atoms with van der Waals surface area (Å²) in [5.74, 6) is 0.00250. The molecule has 0 spiro atoms. The first-order valence-corrected chi connectivity index (χ1v) is 6.93. The lowest BCUT2D eigenvalue weighted by atomic mass is 9.94. The molecule has 19 heavy (non-hydrogen) atoms. The molecule has 2 heterocycles. The third-order valence-corrected chi connectivity index (χ3v) is 3.93. The van der Waals surface area contributed by atoms with Crippen molar-refractivity contribution in [2.75, 3.05) is 25.1 Å². The van der Waals surface area contributed by atoms with E-state index in [1.54, 1.807) is 0 Å². The third kappa shape index (κ3) is 2.59. The molecule has 2 aliphatic rings. The highest BCUT2D eigenvalue weighted by Crippen LogP contribution is 2.24. The number of amides is 1. The molecule has 1 saturated heterocycles. The van der Waals surface area contributed by atoms with Crippen LogP contribution in [0.2, 0.25) is 0 Å². The number of hydrogen-bond donors (Lipinski definition) is 2. The van der Waals surface area contributed by atoms with Gasteiger partial charge in [-0.15, -0.1) is 0 Å². The van der Waals surface area contributed by atoms with Gasteiger partial charge in [0.2, 0.25) is 0 Å². The summed E-state index contributed by atoms with van der Waals surface area (Å²) in [4.78, 5) is 12.3. The van der Waals surface area contributed by atoms with Gasteiger partial charge in [0.1, 0.15) is 0 Å². The van der Waals surface area contributed by atoms with Gasteiger partial charge in [0, 0.05) is 24.4 Å². The van der Waals surface area contributed by atoms with Crippen molar-refractivity contribution < 1.29 is 9.53 Å². The maximum atomic E-state index is 12.3. The van der Waals surface area contributed by atoms with Crippen LogP contribution in [0.15, 0.2) is 18.2 Å². The van der Waals surface area contributed by atoms with Crippen molar-refractivity contribution in [3.63, 3.8) is 0 Å². The molecule has 0 bridgehead atoms. The average Bonchev–Trinajstić information content (AvgIpc) is 2.86. The Kier molecular flexibility index (Phi) is 3.19. The molecule has 1 atom stereocenters. The largest absolute Gasteiger partial charge is 0.384 e. The van der Waals surface area contributed by atoms with Crippen molar-refractivity contribution in [2.24, 2.45) is 0 Å². The van der Waals surface area contributed by atoms with E-state index in [0.717, 1.165) is 43.7 Å². The first kappa shape index (κ1) is 12.5. The van der Waals surface area contributed by atoms with E-state index in [4.69, 9.17) is 4.74 Å². The van der Waals surface area contributed by atoms with E-state index in [-0.39, 0.29) is 11.4 Å². The lowest BCUT2D eigenvalue weighted by Crippen LogP contribution is -2.51. The van der Waals surface area contributed by atoms with Crippen LogP contribution in [0.25, 0.3) is 0 Å². The number of ether oxygens (including phenoxy) is 1. The molecule has 0 radical (unpaired) electrons. The molecule has 0 aliphatic carbocycles. The van der Waals surface area contributed by atoms with Crippen molar-refractivity contribution in [3.8, 4) is 0 Å². The van der Waals surface area contributed by atoms with Crippen LogP contribution >= 0.6 is 0 Å². The Labute approximate surface area is 113 Å². The van der Waals surface area contributed by atoms with E-state index in [1.165, 1.54) is 5.56 Å². The molecule has 102 valence electrons. The van der Waals surface area contributed by atoms with Gasteiger partial charge in [-0.2, -0.15) is 0 Å². The summed E-state index contributed by atoms with van der Waals surface area (Å²) in [6, 6.07) is 5.88. The quantitative estimate of drug-likeness (QED) is 0.854. The van der Waals surface area contributed by atoms with Crippen LogP contribution in [0.4, 0.5) is 5.69 Å². The maximum absolute atomic E-state index is 12.3. The first-order chi connectivity index (χ1) is 9.16. The van der Waals surface area contributed by atoms with Crippen molar-refractivity contribution in [2.45, 2.75) is 31.7 Å². The van der Waals surface area contributed by atoms with Gasteiger partial charge >= 0.3 is 0 Å². The van der Waals surface area contributed by atoms with Gasteiger partial charge in [0.25, 0.3) is 5.91 Å². The van der Waals surface area contributed by atoms with E-state index < -0.39 is 0 Å². The molecule has 4 heteroatoms. The number of carbonyl (C=O) groups is 1. The Morgan fingerprint density at radius 3 is 3.16 bits per heavy atom. The Morgan fingerprint density at radius 2 is 2.37 bits per heavy atom. The monoisotopic (exact) mass is 260 g/mol. The minimum atomic E-state index is -0.230. The van der Waals surface area contributed by atoms with Gasteiger partial charge in [-0.1, -0.05) is 0 Å². The number of benzene rings is 1. The summed E-state index contributed by atoms with van der Waals surface area (Å²) >= 11 is 0. The fraction of sp³-hybridized carbons (Fsp3) is 0.533. The topological polar surface area (TPSA) is 50.4 Å². The van der Waals surface area contributed by atoms with E-state index >= 15 is 0 Å². The Bertz CT molecular complexity index is 493. The van der Waals surface area contributed by atoms with Crippen LogP contribution in [-0.2, 0) is 11.2 Å². The molecule has 1 unspecified atom stereocenters. The van der Waals surface area contributed by atoms with Gasteiger partial charge < -0.3 is 15.4 Å². The fourth-order valence-corrected chi connectivity index (χ4v) is 2.82. The molecule has 0 aromatic heterocycles. The van der Waals surface area contributed by atoms with Gasteiger partial charge in [0.05, 0.1) is 12.1 Å². The van der Waals surface area contributed by atoms with Crippen LogP contribution in [0.3, 0.4) is 0 Å². The van der Waals surface area contributed by atoms with E-state index in [0.29, 0.717) is 6.61 Å². The smallest absolute Gasteiger partial charge is 0.251 e. The molecule has 1 aromatic rings. The first-order valence-electron chi connectivity index (χ1n) is 6.93. The standard InChI is InChI=1S/C15H20N2O2/c1-15(6-2-8-19-10-15)17-14(18)12-3-4-13-11(9-12)5-7-16-13/h3-4,9,16H,2,5-8,10H2,1H3,(H,17,18). The summed E-state index contributed by atoms with van der Waals surface area (Å²) in [6.45, 7) is 4.42. The summed E-state index contributed by atoms with van der Waals surface area (Å²) < 4.78 is 5.47. The summed E-state index contributed by atoms with van der Waals surface area (Å²) in [5, 5.41) is 6.42. The van der Waals surface area contributed by atoms with Crippen molar-refractivity contribution in [3.05, 3.63) is 29.3 Å². The second-order valence-electron chi connectivity index (χ2n) is 5.72. The Hall–Kier alpha value is -1.55. The Morgan fingerprint density at radius 1 is 1.47 bits per heavy atom.